The highest BCUT2D eigenvalue weighted by molar-refractivity contribution is 9.11. The van der Waals surface area contributed by atoms with Gasteiger partial charge >= 0.3 is 0 Å². The van der Waals surface area contributed by atoms with E-state index in [2.05, 4.69) is 42.4 Å². The summed E-state index contributed by atoms with van der Waals surface area (Å²) in [5.74, 6) is 0.0571. The predicted molar refractivity (Wildman–Crippen MR) is 83.3 cm³/mol. The van der Waals surface area contributed by atoms with E-state index in [1.54, 1.807) is 18.2 Å². The van der Waals surface area contributed by atoms with E-state index in [-0.39, 0.29) is 23.7 Å². The summed E-state index contributed by atoms with van der Waals surface area (Å²) in [6.45, 7) is 3.72. The lowest BCUT2D eigenvalue weighted by Crippen LogP contribution is -2.16. The average molecular weight is 404 g/mol. The molecule has 0 bridgehead atoms. The first kappa shape index (κ1) is 15.1. The summed E-state index contributed by atoms with van der Waals surface area (Å²) >= 11 is 6.49. The minimum absolute atomic E-state index is 0.0804. The van der Waals surface area contributed by atoms with Crippen LogP contribution in [0.15, 0.2) is 31.8 Å². The van der Waals surface area contributed by atoms with Crippen LogP contribution in [0.1, 0.15) is 19.4 Å². The Morgan fingerprint density at radius 3 is 2.50 bits per heavy atom. The van der Waals surface area contributed by atoms with Gasteiger partial charge in [-0.15, -0.1) is 5.10 Å². The molecule has 0 aromatic heterocycles. The number of carbonyl (C=O) groups is 1. The topological polar surface area (TPSA) is 70.9 Å². The number of phenolic OH excluding ortho intramolecular Hbond substituents is 1. The van der Waals surface area contributed by atoms with Gasteiger partial charge in [-0.2, -0.15) is 0 Å². The highest BCUT2D eigenvalue weighted by atomic mass is 79.9. The zero-order chi connectivity index (χ0) is 14.9. The van der Waals surface area contributed by atoms with Crippen LogP contribution in [-0.4, -0.2) is 23.0 Å². The number of benzene rings is 1. The molecule has 2 N–H and O–H groups in total. The second-order valence-corrected chi connectivity index (χ2v) is 6.12. The van der Waals surface area contributed by atoms with Crippen molar-refractivity contribution in [2.75, 3.05) is 0 Å². The number of nitrogens with zero attached hydrogens (tertiary/aromatic N) is 1. The number of hydrogen-bond acceptors (Lipinski definition) is 4. The van der Waals surface area contributed by atoms with Crippen molar-refractivity contribution in [1.29, 1.82) is 0 Å². The summed E-state index contributed by atoms with van der Waals surface area (Å²) in [5, 5.41) is 13.5. The van der Waals surface area contributed by atoms with E-state index in [4.69, 9.17) is 4.74 Å². The molecule has 2 rings (SSSR count). The van der Waals surface area contributed by atoms with Crippen LogP contribution in [-0.2, 0) is 9.53 Å². The number of hydrogen-bond donors (Lipinski definition) is 2. The normalized spacial score (nSPS) is 16.6. The second kappa shape index (κ2) is 5.97. The first-order valence-corrected chi connectivity index (χ1v) is 7.42. The number of carbonyl (C=O) groups excluding carboxylic acids is 1. The molecule has 1 amide bonds. The standard InChI is InChI=1S/C13H12Br2N2O3/c1-6(2)20-13-8(12(19)16-17-13)3-7-4-9(14)11(18)10(15)5-7/h3-6,18H,1-2H3,(H,16,19)/b8-3-. The van der Waals surface area contributed by atoms with Crippen LogP contribution < -0.4 is 5.43 Å². The van der Waals surface area contributed by atoms with Crippen molar-refractivity contribution in [3.63, 3.8) is 0 Å². The van der Waals surface area contributed by atoms with Crippen molar-refractivity contribution in [1.82, 2.24) is 5.43 Å². The van der Waals surface area contributed by atoms with Crippen LogP contribution >= 0.6 is 31.9 Å². The van der Waals surface area contributed by atoms with Crippen molar-refractivity contribution in [2.24, 2.45) is 5.10 Å². The van der Waals surface area contributed by atoms with Gasteiger partial charge in [0.1, 0.15) is 11.3 Å². The monoisotopic (exact) mass is 402 g/mol. The Labute approximate surface area is 133 Å². The van der Waals surface area contributed by atoms with E-state index in [9.17, 15) is 9.90 Å². The lowest BCUT2D eigenvalue weighted by Gasteiger charge is -2.09. The third kappa shape index (κ3) is 3.21. The van der Waals surface area contributed by atoms with Crippen LogP contribution in [0.4, 0.5) is 0 Å². The highest BCUT2D eigenvalue weighted by Gasteiger charge is 2.25. The van der Waals surface area contributed by atoms with Gasteiger partial charge in [-0.05, 0) is 69.5 Å². The fourth-order valence-electron chi connectivity index (χ4n) is 1.59. The van der Waals surface area contributed by atoms with Gasteiger partial charge in [0.15, 0.2) is 0 Å². The molecule has 0 saturated heterocycles. The van der Waals surface area contributed by atoms with Crippen LogP contribution in [0, 0.1) is 0 Å². The Hall–Kier alpha value is -1.34. The molecule has 0 fully saturated rings. The maximum absolute atomic E-state index is 11.8. The van der Waals surface area contributed by atoms with E-state index < -0.39 is 0 Å². The molecule has 20 heavy (non-hydrogen) atoms. The summed E-state index contributed by atoms with van der Waals surface area (Å²) in [5.41, 5.74) is 3.45. The first-order chi connectivity index (χ1) is 9.38. The molecule has 1 aromatic rings. The summed E-state index contributed by atoms with van der Waals surface area (Å²) in [6, 6.07) is 3.40. The third-order valence-electron chi connectivity index (χ3n) is 2.43. The van der Waals surface area contributed by atoms with Crippen molar-refractivity contribution < 1.29 is 14.6 Å². The molecule has 0 spiro atoms. The molecule has 0 aliphatic carbocycles. The maximum atomic E-state index is 11.8. The maximum Gasteiger partial charge on any atom is 0.277 e. The van der Waals surface area contributed by atoms with Gasteiger partial charge in [-0.1, -0.05) is 0 Å². The van der Waals surface area contributed by atoms with Crippen LogP contribution in [0.25, 0.3) is 6.08 Å². The largest absolute Gasteiger partial charge is 0.506 e. The van der Waals surface area contributed by atoms with E-state index >= 15 is 0 Å². The molecule has 7 heteroatoms. The Bertz CT molecular complexity index is 601. The lowest BCUT2D eigenvalue weighted by molar-refractivity contribution is -0.116. The molecular formula is C13H12Br2N2O3. The smallest absolute Gasteiger partial charge is 0.277 e. The number of phenols is 1. The minimum atomic E-state index is -0.319. The quantitative estimate of drug-likeness (QED) is 0.745. The number of halogens is 2. The SMILES string of the molecule is CC(C)OC1=NNC(=O)/C1=C/c1cc(Br)c(O)c(Br)c1. The molecule has 106 valence electrons. The Morgan fingerprint density at radius 1 is 1.35 bits per heavy atom. The molecule has 1 aromatic carbocycles. The molecule has 1 heterocycles. The molecule has 1 aliphatic rings. The Balaban J connectivity index is 2.38. The number of rotatable bonds is 2. The summed E-state index contributed by atoms with van der Waals surface area (Å²) < 4.78 is 6.53. The molecule has 1 aliphatic heterocycles. The van der Waals surface area contributed by atoms with E-state index in [0.29, 0.717) is 14.5 Å². The fourth-order valence-corrected chi connectivity index (χ4v) is 2.82. The van der Waals surface area contributed by atoms with Gasteiger partial charge in [0.25, 0.3) is 5.91 Å². The minimum Gasteiger partial charge on any atom is -0.506 e. The number of amides is 1. The van der Waals surface area contributed by atoms with Crippen molar-refractivity contribution in [2.45, 2.75) is 20.0 Å². The third-order valence-corrected chi connectivity index (χ3v) is 3.64. The summed E-state index contributed by atoms with van der Waals surface area (Å²) in [4.78, 5) is 11.8. The number of hydrazone groups is 1. The first-order valence-electron chi connectivity index (χ1n) is 5.83. The van der Waals surface area contributed by atoms with E-state index in [0.717, 1.165) is 5.56 Å². The number of aromatic hydroxyl groups is 1. The molecular weight excluding hydrogens is 392 g/mol. The van der Waals surface area contributed by atoms with Gasteiger partial charge < -0.3 is 9.84 Å². The second-order valence-electron chi connectivity index (χ2n) is 4.42. The molecule has 0 radical (unpaired) electrons. The summed E-state index contributed by atoms with van der Waals surface area (Å²) in [7, 11) is 0. The van der Waals surface area contributed by atoms with Crippen molar-refractivity contribution in [3.8, 4) is 5.75 Å². The van der Waals surface area contributed by atoms with Gasteiger partial charge in [0.2, 0.25) is 5.90 Å². The van der Waals surface area contributed by atoms with Crippen LogP contribution in [0.2, 0.25) is 0 Å². The van der Waals surface area contributed by atoms with Crippen molar-refractivity contribution >= 4 is 49.7 Å². The van der Waals surface area contributed by atoms with E-state index in [1.165, 1.54) is 0 Å². The number of ether oxygens (including phenoxy) is 1. The Morgan fingerprint density at radius 2 is 1.95 bits per heavy atom. The van der Waals surface area contributed by atoms with Crippen molar-refractivity contribution in [3.05, 3.63) is 32.2 Å². The molecule has 5 nitrogen and oxygen atoms in total. The predicted octanol–water partition coefficient (Wildman–Crippen LogP) is 3.17. The number of nitrogens with one attached hydrogen (secondary N) is 1. The highest BCUT2D eigenvalue weighted by Crippen LogP contribution is 2.34. The fraction of sp³-hybridized carbons (Fsp3) is 0.231. The average Bonchev–Trinajstić information content (AvgIpc) is 2.68. The molecule has 0 atom stereocenters. The van der Waals surface area contributed by atoms with Crippen LogP contribution in [0.5, 0.6) is 5.75 Å². The van der Waals surface area contributed by atoms with Crippen LogP contribution in [0.3, 0.4) is 0 Å². The Kier molecular flexibility index (Phi) is 4.49. The summed E-state index contributed by atoms with van der Waals surface area (Å²) in [6.07, 6.45) is 1.57. The lowest BCUT2D eigenvalue weighted by atomic mass is 10.1. The van der Waals surface area contributed by atoms with Gasteiger partial charge in [-0.3, -0.25) is 4.79 Å². The van der Waals surface area contributed by atoms with Gasteiger partial charge in [-0.25, -0.2) is 5.43 Å². The van der Waals surface area contributed by atoms with Gasteiger partial charge in [0, 0.05) is 0 Å². The molecule has 0 saturated carbocycles. The van der Waals surface area contributed by atoms with E-state index in [1.807, 2.05) is 13.8 Å². The zero-order valence-electron chi connectivity index (χ0n) is 10.8. The molecule has 0 unspecified atom stereocenters. The zero-order valence-corrected chi connectivity index (χ0v) is 13.9. The van der Waals surface area contributed by atoms with Gasteiger partial charge in [0.05, 0.1) is 15.0 Å².